The fourth-order valence-corrected chi connectivity index (χ4v) is 6.87. The van der Waals surface area contributed by atoms with Crippen LogP contribution in [0.4, 0.5) is 0 Å². The average molecular weight is 517 g/mol. The lowest BCUT2D eigenvalue weighted by atomic mass is 9.41. The fraction of sp³-hybridized carbons (Fsp3) is 0.696. The highest BCUT2D eigenvalue weighted by Crippen LogP contribution is 2.81. The van der Waals surface area contributed by atoms with E-state index in [1.807, 2.05) is 0 Å². The first-order valence-corrected chi connectivity index (χ1v) is 11.4. The van der Waals surface area contributed by atoms with Gasteiger partial charge in [0.25, 0.3) is 0 Å². The Balaban J connectivity index is 0.00000253. The molecule has 0 amide bonds. The van der Waals surface area contributed by atoms with E-state index in [-0.39, 0.29) is 31.9 Å². The highest BCUT2D eigenvalue weighted by Gasteiger charge is 2.94. The Morgan fingerprint density at radius 2 is 1.83 bits per heavy atom. The highest BCUT2D eigenvalue weighted by atomic mass is 35.5. The molecule has 1 aromatic carbocycles. The van der Waals surface area contributed by atoms with Crippen LogP contribution in [0.5, 0.6) is 0 Å². The second-order valence-electron chi connectivity index (χ2n) is 10.2. The Morgan fingerprint density at radius 1 is 1.11 bits per heavy atom. The van der Waals surface area contributed by atoms with Crippen molar-refractivity contribution in [1.29, 1.82) is 0 Å². The molecule has 0 unspecified atom stereocenters. The van der Waals surface area contributed by atoms with Crippen LogP contribution in [0.2, 0.25) is 0 Å². The summed E-state index contributed by atoms with van der Waals surface area (Å²) in [5.74, 6) is -2.49. The monoisotopic (exact) mass is 516 g/mol. The van der Waals surface area contributed by atoms with Gasteiger partial charge in [-0.15, -0.1) is 12.4 Å². The zero-order valence-corrected chi connectivity index (χ0v) is 19.7. The molecule has 0 radical (unpaired) electrons. The number of halogens is 1. The van der Waals surface area contributed by atoms with Gasteiger partial charge in [0.1, 0.15) is 42.2 Å². The summed E-state index contributed by atoms with van der Waals surface area (Å²) in [6.45, 7) is 0.985. The first kappa shape index (κ1) is 25.3. The van der Waals surface area contributed by atoms with Gasteiger partial charge < -0.3 is 49.2 Å². The molecule has 0 aromatic heterocycles. The Labute approximate surface area is 206 Å². The predicted octanol–water partition coefficient (Wildman–Crippen LogP) is -0.936. The molecule has 7 aliphatic rings. The van der Waals surface area contributed by atoms with Crippen LogP contribution in [-0.2, 0) is 23.7 Å². The van der Waals surface area contributed by atoms with Gasteiger partial charge in [-0.25, -0.2) is 4.79 Å². The maximum atomic E-state index is 12.7. The fourth-order valence-electron chi connectivity index (χ4n) is 6.87. The first-order valence-electron chi connectivity index (χ1n) is 11.4. The minimum absolute atomic E-state index is 0. The SMILES string of the molecule is C[C@@]12C[C@@]3(O)O[C@@H](O1)[C@]1(COC(=O)c4ccccc4)[C@H]3C[C@@]12O[C@@H]1O[C@H](CO)[C@@H](O)[C@H](O)[C@H]1O.Cl. The van der Waals surface area contributed by atoms with Gasteiger partial charge in [-0.1, -0.05) is 18.2 Å². The van der Waals surface area contributed by atoms with Crippen molar-refractivity contribution < 1.29 is 54.0 Å². The summed E-state index contributed by atoms with van der Waals surface area (Å²) in [6.07, 6.45) is -7.87. The van der Waals surface area contributed by atoms with E-state index in [0.717, 1.165) is 0 Å². The van der Waals surface area contributed by atoms with Crippen LogP contribution in [-0.4, -0.2) is 98.7 Å². The lowest BCUT2D eigenvalue weighted by Crippen LogP contribution is -2.80. The molecule has 35 heavy (non-hydrogen) atoms. The van der Waals surface area contributed by atoms with Gasteiger partial charge in [-0.2, -0.15) is 0 Å². The van der Waals surface area contributed by atoms with E-state index in [0.29, 0.717) is 5.56 Å². The summed E-state index contributed by atoms with van der Waals surface area (Å²) in [5.41, 5.74) is -2.99. The smallest absolute Gasteiger partial charge is 0.338 e. The molecule has 3 aliphatic carbocycles. The molecule has 11 atom stereocenters. The molecule has 1 aromatic rings. The molecule has 0 spiro atoms. The van der Waals surface area contributed by atoms with Gasteiger partial charge in [-0.3, -0.25) is 0 Å². The Bertz CT molecular complexity index is 995. The minimum Gasteiger partial charge on any atom is -0.461 e. The van der Waals surface area contributed by atoms with E-state index in [9.17, 15) is 30.3 Å². The zero-order chi connectivity index (χ0) is 24.1. The second-order valence-corrected chi connectivity index (χ2v) is 10.2. The van der Waals surface area contributed by atoms with E-state index < -0.39 is 77.9 Å². The van der Waals surface area contributed by atoms with E-state index in [1.54, 1.807) is 37.3 Å². The van der Waals surface area contributed by atoms with Gasteiger partial charge in [0.15, 0.2) is 18.4 Å². The number of carbonyl (C=O) groups excluding carboxylic acids is 1. The van der Waals surface area contributed by atoms with E-state index in [4.69, 9.17) is 23.7 Å². The van der Waals surface area contributed by atoms with E-state index in [1.165, 1.54) is 0 Å². The number of aliphatic hydroxyl groups excluding tert-OH is 4. The van der Waals surface area contributed by atoms with Crippen molar-refractivity contribution in [3.63, 3.8) is 0 Å². The number of hydrogen-bond donors (Lipinski definition) is 5. The third-order valence-electron chi connectivity index (χ3n) is 8.57. The number of ether oxygens (including phenoxy) is 5. The molecule has 11 nitrogen and oxygen atoms in total. The van der Waals surface area contributed by atoms with Gasteiger partial charge >= 0.3 is 5.97 Å². The molecule has 4 heterocycles. The molecule has 5 N–H and O–H groups in total. The van der Waals surface area contributed by atoms with Crippen molar-refractivity contribution in [2.45, 2.75) is 73.8 Å². The minimum atomic E-state index is -1.61. The summed E-state index contributed by atoms with van der Waals surface area (Å²) >= 11 is 0. The molecule has 194 valence electrons. The lowest BCUT2D eigenvalue weighted by Gasteiger charge is -2.67. The first-order chi connectivity index (χ1) is 16.1. The lowest BCUT2D eigenvalue weighted by molar-refractivity contribution is -0.424. The quantitative estimate of drug-likeness (QED) is 0.296. The van der Waals surface area contributed by atoms with E-state index >= 15 is 0 Å². The van der Waals surface area contributed by atoms with Crippen LogP contribution in [0, 0.1) is 11.3 Å². The Kier molecular flexibility index (Phi) is 5.82. The van der Waals surface area contributed by atoms with Gasteiger partial charge in [0.2, 0.25) is 0 Å². The molecule has 12 heteroatoms. The van der Waals surface area contributed by atoms with Crippen LogP contribution in [0.25, 0.3) is 0 Å². The van der Waals surface area contributed by atoms with Gasteiger partial charge in [0.05, 0.1) is 17.6 Å². The standard InChI is InChI=1S/C23H28O11.ClH/c1-20-9-22(29)13-7-23(20,32-18-16(27)15(26)14(25)12(8-24)31-18)21(13,19(33-20)34-22)10-30-17(28)11-5-3-2-4-6-11;/h2-6,12-16,18-19,24-27,29H,7-10H2,1H3;1H/t12-,13-,14-,15+,16-,18+,19-,20+,21+,22-,23+;/m1./s1. The maximum absolute atomic E-state index is 12.7. The molecule has 3 saturated carbocycles. The average Bonchev–Trinajstić information content (AvgIpc) is 3.00. The third kappa shape index (κ3) is 3.02. The number of rotatable bonds is 6. The second kappa shape index (κ2) is 8.06. The van der Waals surface area contributed by atoms with Crippen LogP contribution < -0.4 is 0 Å². The molecular weight excluding hydrogens is 488 g/mol. The van der Waals surface area contributed by atoms with Gasteiger partial charge in [-0.05, 0) is 25.5 Å². The van der Waals surface area contributed by atoms with E-state index in [2.05, 4.69) is 0 Å². The summed E-state index contributed by atoms with van der Waals surface area (Å²) in [6, 6.07) is 8.47. The van der Waals surface area contributed by atoms with Crippen molar-refractivity contribution in [3.8, 4) is 0 Å². The maximum Gasteiger partial charge on any atom is 0.338 e. The Hall–Kier alpha value is -1.38. The number of hydrogen-bond acceptors (Lipinski definition) is 11. The number of benzene rings is 1. The van der Waals surface area contributed by atoms with Crippen LogP contribution in [0.15, 0.2) is 30.3 Å². The topological polar surface area (TPSA) is 164 Å². The summed E-state index contributed by atoms with van der Waals surface area (Å²) < 4.78 is 29.7. The highest BCUT2D eigenvalue weighted by molar-refractivity contribution is 5.89. The molecule has 7 fully saturated rings. The summed E-state index contributed by atoms with van der Waals surface area (Å²) in [7, 11) is 0. The van der Waals surface area contributed by atoms with Crippen LogP contribution >= 0.6 is 12.4 Å². The van der Waals surface area contributed by atoms with Crippen LogP contribution in [0.3, 0.4) is 0 Å². The van der Waals surface area contributed by atoms with Crippen LogP contribution in [0.1, 0.15) is 30.1 Å². The van der Waals surface area contributed by atoms with Crippen molar-refractivity contribution >= 4 is 18.4 Å². The third-order valence-corrected chi connectivity index (χ3v) is 8.57. The molecule has 4 saturated heterocycles. The Morgan fingerprint density at radius 3 is 2.51 bits per heavy atom. The number of carbonyl (C=O) groups is 1. The van der Waals surface area contributed by atoms with Crippen molar-refractivity contribution in [2.75, 3.05) is 13.2 Å². The van der Waals surface area contributed by atoms with Crippen molar-refractivity contribution in [3.05, 3.63) is 35.9 Å². The largest absolute Gasteiger partial charge is 0.461 e. The summed E-state index contributed by atoms with van der Waals surface area (Å²) in [5, 5.41) is 51.7. The normalized spacial score (nSPS) is 51.0. The van der Waals surface area contributed by atoms with Crippen molar-refractivity contribution in [2.24, 2.45) is 11.3 Å². The molecule has 6 bridgehead atoms. The predicted molar refractivity (Wildman–Crippen MR) is 116 cm³/mol. The zero-order valence-electron chi connectivity index (χ0n) is 18.9. The number of esters is 1. The van der Waals surface area contributed by atoms with Crippen molar-refractivity contribution in [1.82, 2.24) is 0 Å². The molecular formula is C23H29ClO11. The number of aliphatic hydroxyl groups is 5. The van der Waals surface area contributed by atoms with Gasteiger partial charge in [0, 0.05) is 12.3 Å². The summed E-state index contributed by atoms with van der Waals surface area (Å²) in [4.78, 5) is 12.7. The molecule has 8 rings (SSSR count). The molecule has 4 aliphatic heterocycles.